The van der Waals surface area contributed by atoms with Crippen molar-refractivity contribution in [3.05, 3.63) is 72.3 Å². The maximum atomic E-state index is 3.96. The first kappa shape index (κ1) is 10.3. The predicted molar refractivity (Wildman–Crippen MR) is 66.5 cm³/mol. The fourth-order valence-corrected chi connectivity index (χ4v) is 1.28. The van der Waals surface area contributed by atoms with Crippen molar-refractivity contribution in [2.45, 2.75) is 0 Å². The van der Waals surface area contributed by atoms with Crippen molar-refractivity contribution < 1.29 is 0 Å². The molecule has 0 unspecified atom stereocenters. The molecule has 2 nitrogen and oxygen atoms in total. The first-order valence-corrected chi connectivity index (χ1v) is 5.10. The maximum absolute atomic E-state index is 3.96. The minimum atomic E-state index is 1.15. The van der Waals surface area contributed by atoms with Crippen molar-refractivity contribution >= 4 is 12.2 Å². The fraction of sp³-hybridized carbons (Fsp3) is 0. The minimum Gasteiger partial charge on any atom is -0.265 e. The van der Waals surface area contributed by atoms with Crippen LogP contribution < -0.4 is 0 Å². The summed E-state index contributed by atoms with van der Waals surface area (Å²) in [7, 11) is 0. The van der Waals surface area contributed by atoms with Crippen molar-refractivity contribution in [3.8, 4) is 0 Å². The van der Waals surface area contributed by atoms with E-state index in [2.05, 4.69) is 9.97 Å². The minimum absolute atomic E-state index is 1.15. The lowest BCUT2D eigenvalue weighted by Gasteiger charge is -1.89. The second-order valence-corrected chi connectivity index (χ2v) is 3.28. The molecule has 0 bridgehead atoms. The molecule has 78 valence electrons. The van der Waals surface area contributed by atoms with Gasteiger partial charge in [0.25, 0.3) is 0 Å². The van der Waals surface area contributed by atoms with E-state index < -0.39 is 0 Å². The van der Waals surface area contributed by atoms with Crippen LogP contribution in [0.2, 0.25) is 0 Å². The lowest BCUT2D eigenvalue weighted by Crippen LogP contribution is -1.72. The van der Waals surface area contributed by atoms with Crippen molar-refractivity contribution in [3.63, 3.8) is 0 Å². The van der Waals surface area contributed by atoms with Crippen molar-refractivity contribution in [2.24, 2.45) is 0 Å². The third-order valence-electron chi connectivity index (χ3n) is 2.10. The summed E-state index contributed by atoms with van der Waals surface area (Å²) in [6.45, 7) is 0. The average molecular weight is 208 g/mol. The number of rotatable bonds is 3. The van der Waals surface area contributed by atoms with Crippen molar-refractivity contribution in [1.29, 1.82) is 0 Å². The molecule has 0 saturated heterocycles. The van der Waals surface area contributed by atoms with Gasteiger partial charge in [-0.15, -0.1) is 0 Å². The maximum Gasteiger partial charge on any atom is 0.0273 e. The zero-order valence-corrected chi connectivity index (χ0v) is 8.82. The van der Waals surface area contributed by atoms with Gasteiger partial charge in [-0.1, -0.05) is 24.3 Å². The van der Waals surface area contributed by atoms with E-state index in [1.807, 2.05) is 48.6 Å². The Labute approximate surface area is 95.0 Å². The van der Waals surface area contributed by atoms with Gasteiger partial charge < -0.3 is 0 Å². The molecule has 0 aliphatic heterocycles. The van der Waals surface area contributed by atoms with Gasteiger partial charge in [0.1, 0.15) is 0 Å². The monoisotopic (exact) mass is 208 g/mol. The van der Waals surface area contributed by atoms with Gasteiger partial charge in [0.15, 0.2) is 0 Å². The number of nitrogens with zero attached hydrogens (tertiary/aromatic N) is 2. The van der Waals surface area contributed by atoms with Gasteiger partial charge in [0.2, 0.25) is 0 Å². The van der Waals surface area contributed by atoms with E-state index in [1.54, 1.807) is 24.8 Å². The Morgan fingerprint density at radius 2 is 1.00 bits per heavy atom. The molecule has 2 heterocycles. The van der Waals surface area contributed by atoms with Gasteiger partial charge in [0, 0.05) is 24.8 Å². The molecule has 0 fully saturated rings. The fourth-order valence-electron chi connectivity index (χ4n) is 1.28. The van der Waals surface area contributed by atoms with Crippen LogP contribution in [0.5, 0.6) is 0 Å². The Hall–Kier alpha value is -2.22. The molecule has 0 spiro atoms. The van der Waals surface area contributed by atoms with E-state index in [1.165, 1.54) is 0 Å². The molecule has 0 aromatic carbocycles. The summed E-state index contributed by atoms with van der Waals surface area (Å²) in [6, 6.07) is 7.88. The number of pyridine rings is 2. The van der Waals surface area contributed by atoms with Crippen LogP contribution in [0.25, 0.3) is 12.2 Å². The third kappa shape index (κ3) is 3.17. The second-order valence-electron chi connectivity index (χ2n) is 3.28. The number of hydrogen-bond acceptors (Lipinski definition) is 2. The van der Waals surface area contributed by atoms with Crippen LogP contribution in [0.4, 0.5) is 0 Å². The van der Waals surface area contributed by atoms with E-state index >= 15 is 0 Å². The highest BCUT2D eigenvalue weighted by molar-refractivity contribution is 5.56. The van der Waals surface area contributed by atoms with Gasteiger partial charge in [0.05, 0.1) is 0 Å². The predicted octanol–water partition coefficient (Wildman–Crippen LogP) is 3.20. The first-order valence-electron chi connectivity index (χ1n) is 5.10. The van der Waals surface area contributed by atoms with E-state index in [0.29, 0.717) is 0 Å². The topological polar surface area (TPSA) is 25.8 Å². The SMILES string of the molecule is C(=C/c1ccncc1)/C=C/c1ccncc1. The Bertz CT molecular complexity index is 425. The highest BCUT2D eigenvalue weighted by Crippen LogP contribution is 2.02. The van der Waals surface area contributed by atoms with Gasteiger partial charge >= 0.3 is 0 Å². The van der Waals surface area contributed by atoms with E-state index in [-0.39, 0.29) is 0 Å². The van der Waals surface area contributed by atoms with Crippen LogP contribution in [-0.4, -0.2) is 9.97 Å². The zero-order chi connectivity index (χ0) is 11.1. The summed E-state index contributed by atoms with van der Waals surface area (Å²) >= 11 is 0. The third-order valence-corrected chi connectivity index (χ3v) is 2.10. The largest absolute Gasteiger partial charge is 0.265 e. The Kier molecular flexibility index (Phi) is 3.61. The standard InChI is InChI=1S/C14H12N2/c1(3-13-5-9-15-10-6-13)2-4-14-7-11-16-12-8-14/h1-12H/b3-1-,4-2+. The number of hydrogen-bond donors (Lipinski definition) is 0. The second kappa shape index (κ2) is 5.61. The highest BCUT2D eigenvalue weighted by atomic mass is 14.6. The van der Waals surface area contributed by atoms with E-state index in [0.717, 1.165) is 11.1 Å². The van der Waals surface area contributed by atoms with Crippen LogP contribution in [0, 0.1) is 0 Å². The zero-order valence-electron chi connectivity index (χ0n) is 8.82. The van der Waals surface area contributed by atoms with Crippen LogP contribution in [-0.2, 0) is 0 Å². The summed E-state index contributed by atoms with van der Waals surface area (Å²) in [6.07, 6.45) is 15.2. The summed E-state index contributed by atoms with van der Waals surface area (Å²) in [4.78, 5) is 7.92. The molecule has 2 aromatic heterocycles. The lowest BCUT2D eigenvalue weighted by atomic mass is 10.2. The van der Waals surface area contributed by atoms with Gasteiger partial charge in [-0.2, -0.15) is 0 Å². The number of allylic oxidation sites excluding steroid dienone is 2. The quantitative estimate of drug-likeness (QED) is 0.724. The molecule has 0 atom stereocenters. The molecule has 0 aliphatic carbocycles. The molecule has 16 heavy (non-hydrogen) atoms. The number of aromatic nitrogens is 2. The van der Waals surface area contributed by atoms with Gasteiger partial charge in [-0.05, 0) is 35.4 Å². The Balaban J connectivity index is 1.98. The summed E-state index contributed by atoms with van der Waals surface area (Å²) < 4.78 is 0. The Morgan fingerprint density at radius 1 is 0.625 bits per heavy atom. The average Bonchev–Trinajstić information content (AvgIpc) is 2.37. The molecule has 0 saturated carbocycles. The molecule has 2 aromatic rings. The van der Waals surface area contributed by atoms with E-state index in [4.69, 9.17) is 0 Å². The molecule has 0 amide bonds. The van der Waals surface area contributed by atoms with Gasteiger partial charge in [-0.3, -0.25) is 9.97 Å². The summed E-state index contributed by atoms with van der Waals surface area (Å²) in [5.41, 5.74) is 2.30. The van der Waals surface area contributed by atoms with Crippen LogP contribution >= 0.6 is 0 Å². The van der Waals surface area contributed by atoms with E-state index in [9.17, 15) is 0 Å². The molecular weight excluding hydrogens is 196 g/mol. The van der Waals surface area contributed by atoms with Crippen LogP contribution in [0.3, 0.4) is 0 Å². The molecule has 2 heteroatoms. The molecule has 2 rings (SSSR count). The van der Waals surface area contributed by atoms with Crippen LogP contribution in [0.15, 0.2) is 61.2 Å². The summed E-state index contributed by atoms with van der Waals surface area (Å²) in [5.74, 6) is 0. The molecule has 0 radical (unpaired) electrons. The van der Waals surface area contributed by atoms with Crippen molar-refractivity contribution in [2.75, 3.05) is 0 Å². The van der Waals surface area contributed by atoms with Crippen LogP contribution in [0.1, 0.15) is 11.1 Å². The molecule has 0 aliphatic rings. The Morgan fingerprint density at radius 3 is 1.38 bits per heavy atom. The smallest absolute Gasteiger partial charge is 0.0273 e. The highest BCUT2D eigenvalue weighted by Gasteiger charge is 1.82. The molecule has 0 N–H and O–H groups in total. The normalized spacial score (nSPS) is 11.2. The molecular formula is C14H12N2. The first-order chi connectivity index (χ1) is 7.95. The summed E-state index contributed by atoms with van der Waals surface area (Å²) in [5, 5.41) is 0. The van der Waals surface area contributed by atoms with Crippen molar-refractivity contribution in [1.82, 2.24) is 9.97 Å². The van der Waals surface area contributed by atoms with Gasteiger partial charge in [-0.25, -0.2) is 0 Å². The lowest BCUT2D eigenvalue weighted by molar-refractivity contribution is 1.32.